The molecule has 0 aliphatic carbocycles. The predicted molar refractivity (Wildman–Crippen MR) is 82.4 cm³/mol. The number of benzene rings is 1. The van der Waals surface area contributed by atoms with Gasteiger partial charge in [0.1, 0.15) is 0 Å². The van der Waals surface area contributed by atoms with Gasteiger partial charge >= 0.3 is 6.18 Å². The summed E-state index contributed by atoms with van der Waals surface area (Å²) in [4.78, 5) is 14.0. The number of likely N-dealkylation sites (tertiary alicyclic amines) is 1. The van der Waals surface area contributed by atoms with E-state index < -0.39 is 11.7 Å². The number of piperidine rings is 1. The minimum absolute atomic E-state index is 0.0821. The number of carbonyl (C=O) groups excluding carboxylic acids is 1. The van der Waals surface area contributed by atoms with E-state index in [1.165, 1.54) is 6.07 Å². The van der Waals surface area contributed by atoms with Gasteiger partial charge in [0, 0.05) is 24.0 Å². The Morgan fingerprint density at radius 2 is 1.95 bits per heavy atom. The Morgan fingerprint density at radius 3 is 2.50 bits per heavy atom. The Bertz CT molecular complexity index is 537. The molecule has 1 amide bonds. The highest BCUT2D eigenvalue weighted by molar-refractivity contribution is 9.10. The standard InChI is InChI=1S/C16H19BrF3NO/c1-11-6-8-21(9-7-11)15(22)5-3-12-2-4-13(10-14(12)17)16(18,19)20/h2,4,10-11H,3,5-9H2,1H3. The molecule has 1 aromatic rings. The molecule has 1 heterocycles. The summed E-state index contributed by atoms with van der Waals surface area (Å²) in [6, 6.07) is 3.58. The number of halogens is 4. The first-order chi connectivity index (χ1) is 10.3. The highest BCUT2D eigenvalue weighted by atomic mass is 79.9. The molecule has 0 N–H and O–H groups in total. The predicted octanol–water partition coefficient (Wildman–Crippen LogP) is 4.66. The molecule has 1 fully saturated rings. The van der Waals surface area contributed by atoms with Crippen LogP contribution < -0.4 is 0 Å². The van der Waals surface area contributed by atoms with Crippen LogP contribution in [0.2, 0.25) is 0 Å². The van der Waals surface area contributed by atoms with Gasteiger partial charge in [-0.05, 0) is 42.9 Å². The van der Waals surface area contributed by atoms with Crippen LogP contribution >= 0.6 is 15.9 Å². The molecule has 1 aliphatic heterocycles. The highest BCUT2D eigenvalue weighted by Crippen LogP contribution is 2.32. The summed E-state index contributed by atoms with van der Waals surface area (Å²) < 4.78 is 38.2. The number of hydrogen-bond donors (Lipinski definition) is 0. The summed E-state index contributed by atoms with van der Waals surface area (Å²) in [5.41, 5.74) is 0.0474. The van der Waals surface area contributed by atoms with Crippen molar-refractivity contribution < 1.29 is 18.0 Å². The molecule has 2 rings (SSSR count). The van der Waals surface area contributed by atoms with E-state index in [1.54, 1.807) is 0 Å². The van der Waals surface area contributed by atoms with E-state index in [-0.39, 0.29) is 5.91 Å². The molecule has 122 valence electrons. The van der Waals surface area contributed by atoms with E-state index in [1.807, 2.05) is 4.90 Å². The minimum atomic E-state index is -4.35. The molecule has 2 nitrogen and oxygen atoms in total. The van der Waals surface area contributed by atoms with Crippen molar-refractivity contribution >= 4 is 21.8 Å². The van der Waals surface area contributed by atoms with Crippen LogP contribution in [0.4, 0.5) is 13.2 Å². The number of rotatable bonds is 3. The molecular formula is C16H19BrF3NO. The number of amides is 1. The summed E-state index contributed by atoms with van der Waals surface area (Å²) in [6.07, 6.45) is -1.52. The number of aryl methyl sites for hydroxylation is 1. The molecule has 1 saturated heterocycles. The third-order valence-electron chi connectivity index (χ3n) is 4.12. The molecule has 0 saturated carbocycles. The average Bonchev–Trinajstić information content (AvgIpc) is 2.45. The van der Waals surface area contributed by atoms with Gasteiger partial charge in [-0.15, -0.1) is 0 Å². The maximum atomic E-state index is 12.6. The fourth-order valence-electron chi connectivity index (χ4n) is 2.58. The van der Waals surface area contributed by atoms with Crippen LogP contribution in [0.25, 0.3) is 0 Å². The zero-order chi connectivity index (χ0) is 16.3. The van der Waals surface area contributed by atoms with Crippen LogP contribution in [-0.4, -0.2) is 23.9 Å². The van der Waals surface area contributed by atoms with Gasteiger partial charge in [-0.1, -0.05) is 28.9 Å². The van der Waals surface area contributed by atoms with Crippen LogP contribution in [-0.2, 0) is 17.4 Å². The third kappa shape index (κ3) is 4.48. The van der Waals surface area contributed by atoms with Crippen LogP contribution in [0.1, 0.15) is 37.3 Å². The van der Waals surface area contributed by atoms with Crippen molar-refractivity contribution in [2.45, 2.75) is 38.8 Å². The molecule has 0 spiro atoms. The summed E-state index contributed by atoms with van der Waals surface area (Å²) >= 11 is 3.17. The Hall–Kier alpha value is -1.04. The van der Waals surface area contributed by atoms with Crippen molar-refractivity contribution in [2.24, 2.45) is 5.92 Å². The molecule has 1 aliphatic rings. The quantitative estimate of drug-likeness (QED) is 0.749. The first-order valence-corrected chi connectivity index (χ1v) is 8.20. The minimum Gasteiger partial charge on any atom is -0.343 e. The number of carbonyl (C=O) groups is 1. The lowest BCUT2D eigenvalue weighted by Gasteiger charge is -2.30. The molecule has 1 aromatic carbocycles. The SMILES string of the molecule is CC1CCN(C(=O)CCc2ccc(C(F)(F)F)cc2Br)CC1. The van der Waals surface area contributed by atoms with Crippen LogP contribution in [0.15, 0.2) is 22.7 Å². The average molecular weight is 378 g/mol. The molecule has 0 atom stereocenters. The molecule has 6 heteroatoms. The van der Waals surface area contributed by atoms with Crippen molar-refractivity contribution in [3.63, 3.8) is 0 Å². The van der Waals surface area contributed by atoms with E-state index in [0.717, 1.165) is 43.6 Å². The fourth-order valence-corrected chi connectivity index (χ4v) is 3.16. The zero-order valence-electron chi connectivity index (χ0n) is 12.4. The van der Waals surface area contributed by atoms with Gasteiger partial charge in [-0.25, -0.2) is 0 Å². The summed E-state index contributed by atoms with van der Waals surface area (Å²) in [5.74, 6) is 0.742. The molecule has 0 aromatic heterocycles. The van der Waals surface area contributed by atoms with Gasteiger partial charge in [0.05, 0.1) is 5.56 Å². The monoisotopic (exact) mass is 377 g/mol. The van der Waals surface area contributed by atoms with Crippen LogP contribution in [0.5, 0.6) is 0 Å². The normalized spacial score (nSPS) is 16.9. The topological polar surface area (TPSA) is 20.3 Å². The molecule has 22 heavy (non-hydrogen) atoms. The first kappa shape index (κ1) is 17.3. The molecule has 0 bridgehead atoms. The maximum Gasteiger partial charge on any atom is 0.416 e. The lowest BCUT2D eigenvalue weighted by molar-refractivity contribution is -0.137. The maximum absolute atomic E-state index is 12.6. The van der Waals surface area contributed by atoms with Crippen LogP contribution in [0.3, 0.4) is 0 Å². The second kappa shape index (κ2) is 7.02. The number of alkyl halides is 3. The second-order valence-corrected chi connectivity index (χ2v) is 6.72. The number of hydrogen-bond acceptors (Lipinski definition) is 1. The first-order valence-electron chi connectivity index (χ1n) is 7.41. The van der Waals surface area contributed by atoms with Crippen LogP contribution in [0, 0.1) is 5.92 Å². The van der Waals surface area contributed by atoms with Crippen molar-refractivity contribution in [3.8, 4) is 0 Å². The van der Waals surface area contributed by atoms with Gasteiger partial charge in [0.2, 0.25) is 5.91 Å². The summed E-state index contributed by atoms with van der Waals surface area (Å²) in [7, 11) is 0. The third-order valence-corrected chi connectivity index (χ3v) is 4.86. The van der Waals surface area contributed by atoms with E-state index in [9.17, 15) is 18.0 Å². The van der Waals surface area contributed by atoms with Crippen molar-refractivity contribution in [1.29, 1.82) is 0 Å². The van der Waals surface area contributed by atoms with E-state index >= 15 is 0 Å². The Kier molecular flexibility index (Phi) is 5.53. The van der Waals surface area contributed by atoms with E-state index in [2.05, 4.69) is 22.9 Å². The second-order valence-electron chi connectivity index (χ2n) is 5.87. The van der Waals surface area contributed by atoms with Crippen molar-refractivity contribution in [2.75, 3.05) is 13.1 Å². The summed E-state index contributed by atoms with van der Waals surface area (Å²) in [5, 5.41) is 0. The Labute approximate surface area is 136 Å². The van der Waals surface area contributed by atoms with Gasteiger partial charge in [-0.2, -0.15) is 13.2 Å². The van der Waals surface area contributed by atoms with Crippen molar-refractivity contribution in [1.82, 2.24) is 4.90 Å². The molecular weight excluding hydrogens is 359 g/mol. The fraction of sp³-hybridized carbons (Fsp3) is 0.562. The largest absolute Gasteiger partial charge is 0.416 e. The van der Waals surface area contributed by atoms with E-state index in [0.29, 0.717) is 23.2 Å². The lowest BCUT2D eigenvalue weighted by Crippen LogP contribution is -2.38. The van der Waals surface area contributed by atoms with Gasteiger partial charge in [0.15, 0.2) is 0 Å². The Morgan fingerprint density at radius 1 is 1.32 bits per heavy atom. The van der Waals surface area contributed by atoms with Gasteiger partial charge in [0.25, 0.3) is 0 Å². The number of nitrogens with zero attached hydrogens (tertiary/aromatic N) is 1. The van der Waals surface area contributed by atoms with Crippen molar-refractivity contribution in [3.05, 3.63) is 33.8 Å². The van der Waals surface area contributed by atoms with Gasteiger partial charge in [-0.3, -0.25) is 4.79 Å². The lowest BCUT2D eigenvalue weighted by atomic mass is 9.98. The highest BCUT2D eigenvalue weighted by Gasteiger charge is 2.30. The molecule has 0 unspecified atom stereocenters. The van der Waals surface area contributed by atoms with Gasteiger partial charge < -0.3 is 4.90 Å². The Balaban J connectivity index is 1.93. The smallest absolute Gasteiger partial charge is 0.343 e. The zero-order valence-corrected chi connectivity index (χ0v) is 14.0. The summed E-state index contributed by atoms with van der Waals surface area (Å²) in [6.45, 7) is 3.75. The van der Waals surface area contributed by atoms with E-state index in [4.69, 9.17) is 0 Å². The molecule has 0 radical (unpaired) electrons.